The van der Waals surface area contributed by atoms with Gasteiger partial charge >= 0.3 is 0 Å². The van der Waals surface area contributed by atoms with Crippen LogP contribution in [-0.4, -0.2) is 58.6 Å². The van der Waals surface area contributed by atoms with E-state index in [0.29, 0.717) is 25.4 Å². The summed E-state index contributed by atoms with van der Waals surface area (Å²) < 4.78 is 7.72. The molecule has 2 N–H and O–H groups in total. The van der Waals surface area contributed by atoms with Crippen LogP contribution in [0.3, 0.4) is 0 Å². The van der Waals surface area contributed by atoms with Gasteiger partial charge in [0.15, 0.2) is 0 Å². The van der Waals surface area contributed by atoms with Crippen molar-refractivity contribution in [2.24, 2.45) is 13.0 Å². The van der Waals surface area contributed by atoms with Crippen molar-refractivity contribution in [3.8, 4) is 0 Å². The normalized spacial score (nSPS) is 22.9. The number of hydrogen-bond donors (Lipinski definition) is 2. The highest BCUT2D eigenvalue weighted by molar-refractivity contribution is 5.92. The number of carbonyl (C=O) groups is 3. The number of benzene rings is 1. The molecule has 0 bridgehead atoms. The van der Waals surface area contributed by atoms with E-state index in [9.17, 15) is 9.59 Å². The Morgan fingerprint density at radius 1 is 1.09 bits per heavy atom. The second-order valence-electron chi connectivity index (χ2n) is 8.19. The van der Waals surface area contributed by atoms with Gasteiger partial charge in [0.25, 0.3) is 12.4 Å². The number of nitrogens with zero attached hydrogens (tertiary/aromatic N) is 2. The minimum Gasteiger partial charge on any atom is -0.483 e. The van der Waals surface area contributed by atoms with E-state index in [1.807, 2.05) is 53.0 Å². The molecule has 2 amide bonds. The van der Waals surface area contributed by atoms with Crippen molar-refractivity contribution in [2.75, 3.05) is 19.7 Å². The van der Waals surface area contributed by atoms with Crippen molar-refractivity contribution in [1.82, 2.24) is 14.8 Å². The average molecular weight is 442 g/mol. The first-order valence-corrected chi connectivity index (χ1v) is 11.0. The number of ether oxygens (including phenoxy) is 1. The topological polar surface area (TPSA) is 101 Å². The van der Waals surface area contributed by atoms with Crippen LogP contribution < -0.4 is 5.32 Å². The van der Waals surface area contributed by atoms with Crippen LogP contribution in [0.5, 0.6) is 0 Å². The molecule has 1 saturated heterocycles. The van der Waals surface area contributed by atoms with Gasteiger partial charge in [-0.2, -0.15) is 0 Å². The van der Waals surface area contributed by atoms with E-state index < -0.39 is 0 Å². The smallest absolute Gasteiger partial charge is 0.290 e. The van der Waals surface area contributed by atoms with Crippen molar-refractivity contribution in [2.45, 2.75) is 37.8 Å². The summed E-state index contributed by atoms with van der Waals surface area (Å²) in [5.41, 5.74) is 1.79. The maximum atomic E-state index is 13.1. The molecule has 8 heteroatoms. The van der Waals surface area contributed by atoms with Gasteiger partial charge in [-0.25, -0.2) is 0 Å². The van der Waals surface area contributed by atoms with Crippen molar-refractivity contribution in [3.63, 3.8) is 0 Å². The fourth-order valence-electron chi connectivity index (χ4n) is 4.42. The summed E-state index contributed by atoms with van der Waals surface area (Å²) in [6, 6.07) is 13.9. The van der Waals surface area contributed by atoms with Gasteiger partial charge in [0.05, 0.1) is 13.2 Å². The highest BCUT2D eigenvalue weighted by Crippen LogP contribution is 2.29. The van der Waals surface area contributed by atoms with Crippen LogP contribution in [0.1, 0.15) is 47.8 Å². The summed E-state index contributed by atoms with van der Waals surface area (Å²) in [5, 5.41) is 10.0. The Morgan fingerprint density at radius 3 is 2.41 bits per heavy atom. The number of carbonyl (C=O) groups excluding carboxylic acids is 2. The molecule has 1 atom stereocenters. The van der Waals surface area contributed by atoms with Crippen LogP contribution >= 0.6 is 0 Å². The van der Waals surface area contributed by atoms with Gasteiger partial charge in [0.2, 0.25) is 5.91 Å². The van der Waals surface area contributed by atoms with Gasteiger partial charge in [-0.1, -0.05) is 30.3 Å². The largest absolute Gasteiger partial charge is 0.483 e. The molecule has 32 heavy (non-hydrogen) atoms. The molecule has 0 radical (unpaired) electrons. The maximum absolute atomic E-state index is 13.1. The number of hydrogen-bond acceptors (Lipinski definition) is 4. The summed E-state index contributed by atoms with van der Waals surface area (Å²) in [7, 11) is 1.87. The first kappa shape index (κ1) is 23.5. The third-order valence-corrected chi connectivity index (χ3v) is 6.14. The van der Waals surface area contributed by atoms with Gasteiger partial charge in [-0.15, -0.1) is 0 Å². The quantitative estimate of drug-likeness (QED) is 0.711. The number of nitrogens with one attached hydrogen (secondary N) is 1. The molecule has 1 aromatic heterocycles. The predicted molar refractivity (Wildman–Crippen MR) is 119 cm³/mol. The molecule has 2 aromatic rings. The standard InChI is InChI=1S/C23H29N3O3.CH2O2/c1-25-13-5-8-20(25)22(27)24-19-11-9-18(10-12-19)23(28)26-14-15-29-21(16-26)17-6-3-2-4-7-17;2-1-3/h2-8,13,18-19,21H,9-12,14-16H2,1H3,(H,24,27);1H,(H,2,3). The van der Waals surface area contributed by atoms with Crippen LogP contribution in [0, 0.1) is 5.92 Å². The fourth-order valence-corrected chi connectivity index (χ4v) is 4.42. The second-order valence-corrected chi connectivity index (χ2v) is 8.19. The molecule has 1 aliphatic heterocycles. The van der Waals surface area contributed by atoms with E-state index >= 15 is 0 Å². The SMILES string of the molecule is Cn1cccc1C(=O)NC1CCC(C(=O)N2CCOC(c3ccccc3)C2)CC1.O=CO. The number of carboxylic acid groups (broad SMARTS) is 1. The summed E-state index contributed by atoms with van der Waals surface area (Å²) in [5.74, 6) is 0.250. The molecule has 172 valence electrons. The Hall–Kier alpha value is -3.13. The zero-order chi connectivity index (χ0) is 22.9. The molecule has 1 saturated carbocycles. The molecule has 1 unspecified atom stereocenters. The molecular formula is C24H31N3O5. The third kappa shape index (κ3) is 5.97. The molecule has 1 aliphatic carbocycles. The summed E-state index contributed by atoms with van der Waals surface area (Å²) in [4.78, 5) is 35.8. The Kier molecular flexibility index (Phi) is 8.44. The highest BCUT2D eigenvalue weighted by atomic mass is 16.5. The van der Waals surface area contributed by atoms with E-state index in [0.717, 1.165) is 31.2 Å². The van der Waals surface area contributed by atoms with Crippen LogP contribution in [0.15, 0.2) is 48.7 Å². The van der Waals surface area contributed by atoms with Gasteiger partial charge in [-0.05, 0) is 43.4 Å². The average Bonchev–Trinajstić information content (AvgIpc) is 3.26. The van der Waals surface area contributed by atoms with Gasteiger partial charge in [0.1, 0.15) is 11.8 Å². The monoisotopic (exact) mass is 441 g/mol. The van der Waals surface area contributed by atoms with Crippen LogP contribution in [-0.2, 0) is 21.4 Å². The van der Waals surface area contributed by atoms with Crippen LogP contribution in [0.2, 0.25) is 0 Å². The molecule has 4 rings (SSSR count). The lowest BCUT2D eigenvalue weighted by Gasteiger charge is -2.37. The minimum atomic E-state index is -0.250. The molecule has 0 spiro atoms. The number of aryl methyl sites for hydroxylation is 1. The number of amides is 2. The van der Waals surface area contributed by atoms with E-state index in [1.54, 1.807) is 0 Å². The Balaban J connectivity index is 0.000000913. The number of morpholine rings is 1. The molecular weight excluding hydrogens is 410 g/mol. The number of aromatic nitrogens is 1. The first-order valence-electron chi connectivity index (χ1n) is 11.0. The summed E-state index contributed by atoms with van der Waals surface area (Å²) in [6.45, 7) is 1.60. The second kappa shape index (κ2) is 11.5. The Morgan fingerprint density at radius 2 is 1.78 bits per heavy atom. The van der Waals surface area contributed by atoms with Gasteiger partial charge in [0, 0.05) is 31.7 Å². The third-order valence-electron chi connectivity index (χ3n) is 6.14. The lowest BCUT2D eigenvalue weighted by atomic mass is 9.85. The van der Waals surface area contributed by atoms with Crippen LogP contribution in [0.4, 0.5) is 0 Å². The first-order chi connectivity index (χ1) is 15.5. The van der Waals surface area contributed by atoms with Crippen LogP contribution in [0.25, 0.3) is 0 Å². The molecule has 2 fully saturated rings. The molecule has 2 aliphatic rings. The van der Waals surface area contributed by atoms with Gasteiger partial charge in [-0.3, -0.25) is 14.4 Å². The zero-order valence-electron chi connectivity index (χ0n) is 18.4. The van der Waals surface area contributed by atoms with Crippen molar-refractivity contribution >= 4 is 18.3 Å². The number of rotatable bonds is 4. The molecule has 2 heterocycles. The van der Waals surface area contributed by atoms with Gasteiger partial charge < -0.3 is 24.6 Å². The minimum absolute atomic E-state index is 0.0360. The summed E-state index contributed by atoms with van der Waals surface area (Å²) >= 11 is 0. The summed E-state index contributed by atoms with van der Waals surface area (Å²) in [6.07, 6.45) is 5.16. The van der Waals surface area contributed by atoms with E-state index in [1.165, 1.54) is 0 Å². The lowest BCUT2D eigenvalue weighted by Crippen LogP contribution is -2.47. The fraction of sp³-hybridized carbons (Fsp3) is 0.458. The lowest BCUT2D eigenvalue weighted by molar-refractivity contribution is -0.144. The van der Waals surface area contributed by atoms with Crippen molar-refractivity contribution in [3.05, 3.63) is 59.9 Å². The maximum Gasteiger partial charge on any atom is 0.290 e. The van der Waals surface area contributed by atoms with E-state index in [2.05, 4.69) is 17.4 Å². The predicted octanol–water partition coefficient (Wildman–Crippen LogP) is 2.61. The van der Waals surface area contributed by atoms with Crippen molar-refractivity contribution < 1.29 is 24.2 Å². The molecule has 1 aromatic carbocycles. The highest BCUT2D eigenvalue weighted by Gasteiger charge is 2.33. The van der Waals surface area contributed by atoms with E-state index in [4.69, 9.17) is 14.6 Å². The van der Waals surface area contributed by atoms with Crippen molar-refractivity contribution in [1.29, 1.82) is 0 Å². The Bertz CT molecular complexity index is 890. The Labute approximate surface area is 188 Å². The van der Waals surface area contributed by atoms with E-state index in [-0.39, 0.29) is 36.4 Å². The molecule has 8 nitrogen and oxygen atoms in total. The zero-order valence-corrected chi connectivity index (χ0v) is 18.4.